The highest BCUT2D eigenvalue weighted by Crippen LogP contribution is 2.25. The van der Waals surface area contributed by atoms with E-state index in [-0.39, 0.29) is 0 Å². The molecule has 0 bridgehead atoms. The summed E-state index contributed by atoms with van der Waals surface area (Å²) in [5.41, 5.74) is 2.74. The van der Waals surface area contributed by atoms with Crippen LogP contribution >= 0.6 is 15.9 Å². The zero-order valence-corrected chi connectivity index (χ0v) is 13.0. The summed E-state index contributed by atoms with van der Waals surface area (Å²) in [4.78, 5) is 0. The summed E-state index contributed by atoms with van der Waals surface area (Å²) < 4.78 is 1.14. The molecule has 0 amide bonds. The third kappa shape index (κ3) is 3.92. The second-order valence-electron chi connectivity index (χ2n) is 4.98. The molecule has 2 unspecified atom stereocenters. The Morgan fingerprint density at radius 2 is 1.63 bits per heavy atom. The molecular weight excluding hydrogens is 298 g/mol. The maximum absolute atomic E-state index is 3.48. The maximum Gasteiger partial charge on any atom is 0.0346 e. The summed E-state index contributed by atoms with van der Waals surface area (Å²) in [7, 11) is 2.04. The highest BCUT2D eigenvalue weighted by molar-refractivity contribution is 9.10. The Morgan fingerprint density at radius 3 is 2.21 bits per heavy atom. The van der Waals surface area contributed by atoms with Gasteiger partial charge in [-0.2, -0.15) is 0 Å². The minimum atomic E-state index is 0.393. The third-order valence-electron chi connectivity index (χ3n) is 3.51. The molecule has 2 atom stereocenters. The Morgan fingerprint density at radius 1 is 1.00 bits per heavy atom. The van der Waals surface area contributed by atoms with Gasteiger partial charge < -0.3 is 5.32 Å². The van der Waals surface area contributed by atoms with E-state index in [4.69, 9.17) is 0 Å². The van der Waals surface area contributed by atoms with Crippen molar-refractivity contribution in [1.82, 2.24) is 5.32 Å². The smallest absolute Gasteiger partial charge is 0.0346 e. The first-order valence-electron chi connectivity index (χ1n) is 6.67. The van der Waals surface area contributed by atoms with Crippen LogP contribution in [0.2, 0.25) is 0 Å². The first-order valence-corrected chi connectivity index (χ1v) is 7.46. The molecule has 0 saturated heterocycles. The standard InChI is InChI=1S/C17H20BrN/c1-13(12-14-8-10-16(18)11-9-14)17(19-2)15-6-4-3-5-7-15/h3-11,13,17,19H,12H2,1-2H3. The lowest BCUT2D eigenvalue weighted by atomic mass is 9.89. The molecule has 0 aliphatic carbocycles. The molecule has 19 heavy (non-hydrogen) atoms. The number of nitrogens with one attached hydrogen (secondary N) is 1. The lowest BCUT2D eigenvalue weighted by Gasteiger charge is -2.24. The molecule has 0 heterocycles. The van der Waals surface area contributed by atoms with Crippen molar-refractivity contribution in [2.24, 2.45) is 5.92 Å². The van der Waals surface area contributed by atoms with Gasteiger partial charge in [0, 0.05) is 10.5 Å². The number of hydrogen-bond donors (Lipinski definition) is 1. The van der Waals surface area contributed by atoms with Gasteiger partial charge in [0.05, 0.1) is 0 Å². The van der Waals surface area contributed by atoms with Crippen LogP contribution in [0.4, 0.5) is 0 Å². The number of rotatable bonds is 5. The van der Waals surface area contributed by atoms with E-state index in [1.54, 1.807) is 0 Å². The summed E-state index contributed by atoms with van der Waals surface area (Å²) in [5.74, 6) is 0.550. The van der Waals surface area contributed by atoms with Crippen LogP contribution in [-0.4, -0.2) is 7.05 Å². The molecule has 100 valence electrons. The molecule has 0 aliphatic rings. The molecule has 2 aromatic carbocycles. The van der Waals surface area contributed by atoms with Crippen molar-refractivity contribution >= 4 is 15.9 Å². The molecule has 0 aliphatic heterocycles. The largest absolute Gasteiger partial charge is 0.313 e. The Labute approximate surface area is 124 Å². The van der Waals surface area contributed by atoms with Crippen molar-refractivity contribution < 1.29 is 0 Å². The summed E-state index contributed by atoms with van der Waals surface area (Å²) in [6.07, 6.45) is 1.08. The Hall–Kier alpha value is -1.12. The summed E-state index contributed by atoms with van der Waals surface area (Å²) in [5, 5.41) is 3.44. The highest BCUT2D eigenvalue weighted by atomic mass is 79.9. The predicted octanol–water partition coefficient (Wildman–Crippen LogP) is 4.59. The van der Waals surface area contributed by atoms with Gasteiger partial charge in [0.15, 0.2) is 0 Å². The molecule has 2 rings (SSSR count). The fraction of sp³-hybridized carbons (Fsp3) is 0.294. The van der Waals surface area contributed by atoms with E-state index in [2.05, 4.69) is 82.8 Å². The predicted molar refractivity (Wildman–Crippen MR) is 85.3 cm³/mol. The summed E-state index contributed by atoms with van der Waals surface area (Å²) >= 11 is 3.48. The second kappa shape index (κ2) is 6.88. The maximum atomic E-state index is 3.48. The first kappa shape index (κ1) is 14.3. The van der Waals surface area contributed by atoms with Gasteiger partial charge in [-0.15, -0.1) is 0 Å². The molecule has 0 saturated carbocycles. The van der Waals surface area contributed by atoms with E-state index in [1.165, 1.54) is 11.1 Å². The number of halogens is 1. The van der Waals surface area contributed by atoms with Crippen LogP contribution in [0.3, 0.4) is 0 Å². The average Bonchev–Trinajstić information content (AvgIpc) is 2.43. The number of benzene rings is 2. The van der Waals surface area contributed by atoms with E-state index >= 15 is 0 Å². The normalized spacial score (nSPS) is 14.1. The quantitative estimate of drug-likeness (QED) is 0.850. The van der Waals surface area contributed by atoms with Crippen LogP contribution in [0.15, 0.2) is 59.1 Å². The van der Waals surface area contributed by atoms with Crippen LogP contribution in [0, 0.1) is 5.92 Å². The van der Waals surface area contributed by atoms with Gasteiger partial charge in [-0.25, -0.2) is 0 Å². The zero-order valence-electron chi connectivity index (χ0n) is 11.4. The molecule has 2 aromatic rings. The van der Waals surface area contributed by atoms with E-state index in [0.29, 0.717) is 12.0 Å². The SMILES string of the molecule is CNC(c1ccccc1)C(C)Cc1ccc(Br)cc1. The molecular formula is C17H20BrN. The molecule has 0 aromatic heterocycles. The first-order chi connectivity index (χ1) is 9.20. The summed E-state index contributed by atoms with van der Waals surface area (Å²) in [6.45, 7) is 2.30. The third-order valence-corrected chi connectivity index (χ3v) is 4.04. The van der Waals surface area contributed by atoms with Crippen molar-refractivity contribution in [2.75, 3.05) is 7.05 Å². The van der Waals surface area contributed by atoms with Crippen molar-refractivity contribution in [3.63, 3.8) is 0 Å². The van der Waals surface area contributed by atoms with Gasteiger partial charge in [-0.1, -0.05) is 65.3 Å². The molecule has 1 N–H and O–H groups in total. The minimum Gasteiger partial charge on any atom is -0.313 e. The molecule has 0 fully saturated rings. The second-order valence-corrected chi connectivity index (χ2v) is 5.90. The van der Waals surface area contributed by atoms with Crippen LogP contribution < -0.4 is 5.32 Å². The van der Waals surface area contributed by atoms with Gasteiger partial charge in [0.25, 0.3) is 0 Å². The Balaban J connectivity index is 2.09. The molecule has 1 nitrogen and oxygen atoms in total. The molecule has 0 radical (unpaired) electrons. The number of hydrogen-bond acceptors (Lipinski definition) is 1. The lowest BCUT2D eigenvalue weighted by molar-refractivity contribution is 0.409. The lowest BCUT2D eigenvalue weighted by Crippen LogP contribution is -2.24. The fourth-order valence-corrected chi connectivity index (χ4v) is 2.81. The van der Waals surface area contributed by atoms with E-state index in [0.717, 1.165) is 10.9 Å². The Bertz CT molecular complexity index is 492. The van der Waals surface area contributed by atoms with Crippen LogP contribution in [0.1, 0.15) is 24.1 Å². The average molecular weight is 318 g/mol. The van der Waals surface area contributed by atoms with Crippen LogP contribution in [0.25, 0.3) is 0 Å². The fourth-order valence-electron chi connectivity index (χ4n) is 2.55. The van der Waals surface area contributed by atoms with Crippen molar-refractivity contribution in [1.29, 1.82) is 0 Å². The van der Waals surface area contributed by atoms with Gasteiger partial charge in [0.1, 0.15) is 0 Å². The van der Waals surface area contributed by atoms with Gasteiger partial charge >= 0.3 is 0 Å². The Kier molecular flexibility index (Phi) is 5.17. The van der Waals surface area contributed by atoms with Crippen molar-refractivity contribution in [2.45, 2.75) is 19.4 Å². The molecule has 0 spiro atoms. The zero-order chi connectivity index (χ0) is 13.7. The van der Waals surface area contributed by atoms with Gasteiger partial charge in [0.2, 0.25) is 0 Å². The van der Waals surface area contributed by atoms with E-state index in [1.807, 2.05) is 7.05 Å². The van der Waals surface area contributed by atoms with Crippen LogP contribution in [-0.2, 0) is 6.42 Å². The highest BCUT2D eigenvalue weighted by Gasteiger charge is 2.17. The topological polar surface area (TPSA) is 12.0 Å². The molecule has 2 heteroatoms. The van der Waals surface area contributed by atoms with Gasteiger partial charge in [-0.3, -0.25) is 0 Å². The van der Waals surface area contributed by atoms with Crippen LogP contribution in [0.5, 0.6) is 0 Å². The van der Waals surface area contributed by atoms with Gasteiger partial charge in [-0.05, 0) is 42.6 Å². The minimum absolute atomic E-state index is 0.393. The van der Waals surface area contributed by atoms with Crippen molar-refractivity contribution in [3.8, 4) is 0 Å². The van der Waals surface area contributed by atoms with E-state index < -0.39 is 0 Å². The summed E-state index contributed by atoms with van der Waals surface area (Å²) in [6, 6.07) is 19.7. The van der Waals surface area contributed by atoms with E-state index in [9.17, 15) is 0 Å². The van der Waals surface area contributed by atoms with Crippen molar-refractivity contribution in [3.05, 3.63) is 70.2 Å². The monoisotopic (exact) mass is 317 g/mol.